The fourth-order valence-electron chi connectivity index (χ4n) is 5.38. The predicted octanol–water partition coefficient (Wildman–Crippen LogP) is 5.82. The number of nitrogens with one attached hydrogen (secondary N) is 1. The molecule has 1 saturated heterocycles. The first kappa shape index (κ1) is 22.8. The van der Waals surface area contributed by atoms with Crippen LogP contribution < -0.4 is 5.32 Å². The van der Waals surface area contributed by atoms with Gasteiger partial charge in [-0.2, -0.15) is 5.10 Å². The maximum Gasteiger partial charge on any atom is 0.254 e. The number of halogens is 2. The SMILES string of the molecule is CC1=C(C(=O)N2CCC[C@H]2COC2CCCCC2)C(c2ccc(Cl)c(Cl)c2)n2nccc2N1. The summed E-state index contributed by atoms with van der Waals surface area (Å²) >= 11 is 12.5. The topological polar surface area (TPSA) is 59.4 Å². The van der Waals surface area contributed by atoms with Crippen LogP contribution in [0.4, 0.5) is 5.82 Å². The molecular weight excluding hydrogens is 459 g/mol. The third kappa shape index (κ3) is 4.53. The molecule has 1 N–H and O–H groups in total. The van der Waals surface area contributed by atoms with Gasteiger partial charge in [-0.05, 0) is 50.3 Å². The average Bonchev–Trinajstić information content (AvgIpc) is 3.48. The van der Waals surface area contributed by atoms with Crippen molar-refractivity contribution in [1.82, 2.24) is 14.7 Å². The number of hydrogen-bond donors (Lipinski definition) is 1. The van der Waals surface area contributed by atoms with Crippen LogP contribution in [0.2, 0.25) is 10.0 Å². The molecule has 3 aliphatic rings. The van der Waals surface area contributed by atoms with Crippen molar-refractivity contribution in [2.75, 3.05) is 18.5 Å². The van der Waals surface area contributed by atoms with Crippen LogP contribution in [0.15, 0.2) is 41.7 Å². The second-order valence-corrected chi connectivity index (χ2v) is 10.1. The minimum absolute atomic E-state index is 0.0342. The van der Waals surface area contributed by atoms with Gasteiger partial charge >= 0.3 is 0 Å². The van der Waals surface area contributed by atoms with Crippen LogP contribution in [0.1, 0.15) is 63.5 Å². The highest BCUT2D eigenvalue weighted by molar-refractivity contribution is 6.42. The Morgan fingerprint density at radius 3 is 2.73 bits per heavy atom. The van der Waals surface area contributed by atoms with Crippen LogP contribution in [0.5, 0.6) is 0 Å². The molecule has 0 radical (unpaired) electrons. The zero-order valence-electron chi connectivity index (χ0n) is 18.9. The zero-order valence-corrected chi connectivity index (χ0v) is 20.4. The second kappa shape index (κ2) is 9.69. The van der Waals surface area contributed by atoms with E-state index in [1.54, 1.807) is 12.3 Å². The Morgan fingerprint density at radius 1 is 1.12 bits per heavy atom. The number of allylic oxidation sites excluding steroid dienone is 1. The number of anilines is 1. The fraction of sp³-hybridized carbons (Fsp3) is 0.520. The van der Waals surface area contributed by atoms with Crippen LogP contribution in [-0.2, 0) is 9.53 Å². The van der Waals surface area contributed by atoms with Gasteiger partial charge in [-0.3, -0.25) is 4.79 Å². The number of ether oxygens (including phenoxy) is 1. The van der Waals surface area contributed by atoms with Crippen molar-refractivity contribution in [2.45, 2.75) is 70.1 Å². The van der Waals surface area contributed by atoms with E-state index in [1.807, 2.05) is 34.7 Å². The number of aromatic nitrogens is 2. The predicted molar refractivity (Wildman–Crippen MR) is 131 cm³/mol. The minimum Gasteiger partial charge on any atom is -0.376 e. The number of rotatable bonds is 5. The largest absolute Gasteiger partial charge is 0.376 e. The Labute approximate surface area is 204 Å². The van der Waals surface area contributed by atoms with Crippen molar-refractivity contribution in [2.24, 2.45) is 0 Å². The molecule has 33 heavy (non-hydrogen) atoms. The number of carbonyl (C=O) groups excluding carboxylic acids is 1. The van der Waals surface area contributed by atoms with Crippen molar-refractivity contribution in [3.05, 3.63) is 57.3 Å². The Hall–Kier alpha value is -2.02. The van der Waals surface area contributed by atoms with Gasteiger partial charge < -0.3 is 15.0 Å². The summed E-state index contributed by atoms with van der Waals surface area (Å²) in [6.45, 7) is 3.31. The van der Waals surface area contributed by atoms with E-state index < -0.39 is 0 Å². The smallest absolute Gasteiger partial charge is 0.254 e. The zero-order chi connectivity index (χ0) is 22.9. The van der Waals surface area contributed by atoms with Gasteiger partial charge in [-0.15, -0.1) is 0 Å². The van der Waals surface area contributed by atoms with Crippen molar-refractivity contribution in [3.8, 4) is 0 Å². The molecule has 5 rings (SSSR count). The molecule has 2 atom stereocenters. The van der Waals surface area contributed by atoms with E-state index in [9.17, 15) is 4.79 Å². The van der Waals surface area contributed by atoms with E-state index in [-0.39, 0.29) is 18.0 Å². The van der Waals surface area contributed by atoms with E-state index in [0.29, 0.717) is 28.3 Å². The van der Waals surface area contributed by atoms with Crippen molar-refractivity contribution < 1.29 is 9.53 Å². The maximum absolute atomic E-state index is 14.0. The Kier molecular flexibility index (Phi) is 6.68. The lowest BCUT2D eigenvalue weighted by atomic mass is 9.94. The van der Waals surface area contributed by atoms with Gasteiger partial charge in [0.2, 0.25) is 0 Å². The minimum atomic E-state index is -0.376. The molecule has 6 nitrogen and oxygen atoms in total. The number of likely N-dealkylation sites (tertiary alicyclic amines) is 1. The molecule has 2 aliphatic heterocycles. The summed E-state index contributed by atoms with van der Waals surface area (Å²) in [5.41, 5.74) is 2.41. The van der Waals surface area contributed by atoms with Crippen molar-refractivity contribution >= 4 is 34.9 Å². The number of amides is 1. The van der Waals surface area contributed by atoms with Crippen molar-refractivity contribution in [1.29, 1.82) is 0 Å². The number of fused-ring (bicyclic) bond motifs is 1. The van der Waals surface area contributed by atoms with Gasteiger partial charge in [-0.1, -0.05) is 48.5 Å². The summed E-state index contributed by atoms with van der Waals surface area (Å²) in [4.78, 5) is 16.0. The molecule has 8 heteroatoms. The van der Waals surface area contributed by atoms with Crippen LogP contribution in [-0.4, -0.2) is 45.9 Å². The van der Waals surface area contributed by atoms with Gasteiger partial charge in [0, 0.05) is 18.3 Å². The summed E-state index contributed by atoms with van der Waals surface area (Å²) in [6.07, 6.45) is 10.1. The van der Waals surface area contributed by atoms with E-state index in [1.165, 1.54) is 19.3 Å². The summed E-state index contributed by atoms with van der Waals surface area (Å²) in [6, 6.07) is 7.17. The first-order chi connectivity index (χ1) is 16.0. The van der Waals surface area contributed by atoms with Crippen molar-refractivity contribution in [3.63, 3.8) is 0 Å². The van der Waals surface area contributed by atoms with Crippen LogP contribution in [0.25, 0.3) is 0 Å². The quantitative estimate of drug-likeness (QED) is 0.575. The lowest BCUT2D eigenvalue weighted by Crippen LogP contribution is -2.43. The third-order valence-corrected chi connectivity index (χ3v) is 7.85. The normalized spacial score (nSPS) is 23.5. The summed E-state index contributed by atoms with van der Waals surface area (Å²) in [5.74, 6) is 0.880. The molecule has 2 fully saturated rings. The van der Waals surface area contributed by atoms with Gasteiger partial charge in [-0.25, -0.2) is 4.68 Å². The standard InChI is InChI=1S/C25H30Cl2N4O2/c1-16-23(25(32)30-13-5-6-18(30)15-33-19-7-3-2-4-8-19)24(31-22(29-16)11-12-28-31)17-9-10-20(26)21(27)14-17/h9-12,14,18-19,24,29H,2-8,13,15H2,1H3/t18-,24?/m0/s1. The number of hydrogen-bond acceptors (Lipinski definition) is 4. The molecule has 1 unspecified atom stereocenters. The number of carbonyl (C=O) groups is 1. The maximum atomic E-state index is 14.0. The molecule has 1 saturated carbocycles. The molecule has 176 valence electrons. The Balaban J connectivity index is 1.42. The summed E-state index contributed by atoms with van der Waals surface area (Å²) < 4.78 is 8.12. The van der Waals surface area contributed by atoms with Crippen LogP contribution in [0, 0.1) is 0 Å². The average molecular weight is 489 g/mol. The Bertz CT molecular complexity index is 1060. The highest BCUT2D eigenvalue weighted by Crippen LogP contribution is 2.39. The second-order valence-electron chi connectivity index (χ2n) is 9.29. The lowest BCUT2D eigenvalue weighted by molar-refractivity contribution is -0.130. The fourth-order valence-corrected chi connectivity index (χ4v) is 5.69. The summed E-state index contributed by atoms with van der Waals surface area (Å²) in [7, 11) is 0. The monoisotopic (exact) mass is 488 g/mol. The number of nitrogens with zero attached hydrogens (tertiary/aromatic N) is 3. The van der Waals surface area contributed by atoms with Gasteiger partial charge in [0.1, 0.15) is 11.9 Å². The van der Waals surface area contributed by atoms with E-state index in [4.69, 9.17) is 27.9 Å². The molecule has 1 aliphatic carbocycles. The first-order valence-electron chi connectivity index (χ1n) is 11.9. The third-order valence-electron chi connectivity index (χ3n) is 7.11. The van der Waals surface area contributed by atoms with Gasteiger partial charge in [0.15, 0.2) is 0 Å². The molecule has 1 aromatic carbocycles. The van der Waals surface area contributed by atoms with Crippen LogP contribution in [0.3, 0.4) is 0 Å². The van der Waals surface area contributed by atoms with Crippen LogP contribution >= 0.6 is 23.2 Å². The molecular formula is C25H30Cl2N4O2. The molecule has 0 bridgehead atoms. The molecule has 3 heterocycles. The first-order valence-corrected chi connectivity index (χ1v) is 12.7. The molecule has 2 aromatic rings. The van der Waals surface area contributed by atoms with E-state index in [0.717, 1.165) is 49.3 Å². The van der Waals surface area contributed by atoms with Gasteiger partial charge in [0.25, 0.3) is 5.91 Å². The molecule has 0 spiro atoms. The lowest BCUT2D eigenvalue weighted by Gasteiger charge is -2.34. The van der Waals surface area contributed by atoms with E-state index >= 15 is 0 Å². The van der Waals surface area contributed by atoms with Gasteiger partial charge in [0.05, 0.1) is 40.6 Å². The van der Waals surface area contributed by atoms with E-state index in [2.05, 4.69) is 10.4 Å². The highest BCUT2D eigenvalue weighted by Gasteiger charge is 2.39. The number of benzene rings is 1. The highest BCUT2D eigenvalue weighted by atomic mass is 35.5. The molecule has 1 amide bonds. The summed E-state index contributed by atoms with van der Waals surface area (Å²) in [5, 5.41) is 8.84. The Morgan fingerprint density at radius 2 is 1.94 bits per heavy atom. The molecule has 1 aromatic heterocycles.